The largest absolute Gasteiger partial charge is 1.00 e. The SMILES string of the molecule is CC(=O)ON(CCN(OC(C)=O)OC(C)=O)OC(C)=O.CC(O)Oc1ccccc1.O=C([O-])c1ccccc1.O=C([O-])c1ccccc1.O=C([O-])c1ccccc1.O=C([O-])c1ccccc1.O=C([O-])c1ccccc1.[Na+].[Na+].[Na+].[Na+].[Na+]. The molecule has 1 unspecified atom stereocenters. The van der Waals surface area contributed by atoms with Crippen molar-refractivity contribution in [3.63, 3.8) is 0 Å². The van der Waals surface area contributed by atoms with E-state index in [-0.39, 0.29) is 189 Å². The van der Waals surface area contributed by atoms with Crippen LogP contribution in [0.1, 0.15) is 86.4 Å². The molecule has 22 nitrogen and oxygen atoms in total. The summed E-state index contributed by atoms with van der Waals surface area (Å²) in [4.78, 5) is 112. The third kappa shape index (κ3) is 49.1. The van der Waals surface area contributed by atoms with Crippen LogP contribution < -0.4 is 178 Å². The Morgan fingerprint density at radius 2 is 0.512 bits per heavy atom. The monoisotopic (exact) mass is 1150 g/mol. The van der Waals surface area contributed by atoms with Gasteiger partial charge in [-0.2, -0.15) is 0 Å². The number of hydrogen-bond acceptors (Lipinski definition) is 22. The number of carbonyl (C=O) groups is 9. The number of carboxylic acids is 5. The number of rotatable bonds is 14. The number of aliphatic hydroxyl groups excluding tert-OH is 1. The predicted molar refractivity (Wildman–Crippen MR) is 253 cm³/mol. The zero-order valence-corrected chi connectivity index (χ0v) is 55.9. The van der Waals surface area contributed by atoms with E-state index in [0.29, 0.717) is 16.2 Å². The molecule has 0 saturated carbocycles. The van der Waals surface area contributed by atoms with Crippen molar-refractivity contribution in [2.45, 2.75) is 40.9 Å². The van der Waals surface area contributed by atoms with Crippen molar-refractivity contribution in [1.29, 1.82) is 0 Å². The van der Waals surface area contributed by atoms with Gasteiger partial charge in [0.05, 0.1) is 42.9 Å². The van der Waals surface area contributed by atoms with E-state index in [9.17, 15) is 68.7 Å². The molecule has 0 aliphatic heterocycles. The smallest absolute Gasteiger partial charge is 0.545 e. The van der Waals surface area contributed by atoms with Gasteiger partial charge in [-0.05, 0) is 46.9 Å². The third-order valence-corrected chi connectivity index (χ3v) is 7.48. The molecule has 1 atom stereocenters. The molecule has 0 heterocycles. The molecule has 0 spiro atoms. The minimum atomic E-state index is -1.13. The summed E-state index contributed by atoms with van der Waals surface area (Å²) in [5.41, 5.74) is 1.10. The van der Waals surface area contributed by atoms with E-state index >= 15 is 0 Å². The average Bonchev–Trinajstić information content (AvgIpc) is 3.37. The number of hydrogen-bond donors (Lipinski definition) is 1. The van der Waals surface area contributed by atoms with Gasteiger partial charge in [-0.25, -0.2) is 0 Å². The number of aromatic carboxylic acids is 5. The number of para-hydroxylation sites is 1. The van der Waals surface area contributed by atoms with E-state index in [1.807, 2.05) is 18.2 Å². The van der Waals surface area contributed by atoms with Gasteiger partial charge in [-0.15, -0.1) is 0 Å². The molecule has 0 aliphatic rings. The molecule has 0 amide bonds. The van der Waals surface area contributed by atoms with Crippen LogP contribution in [0.2, 0.25) is 0 Å². The van der Waals surface area contributed by atoms with E-state index in [2.05, 4.69) is 19.4 Å². The van der Waals surface area contributed by atoms with Gasteiger partial charge >= 0.3 is 172 Å². The Kier molecular flexibility index (Phi) is 57.9. The molecule has 398 valence electrons. The second-order valence-electron chi connectivity index (χ2n) is 13.7. The van der Waals surface area contributed by atoms with Gasteiger partial charge in [0.25, 0.3) is 0 Å². The number of aliphatic hydroxyl groups is 1. The molecule has 0 saturated heterocycles. The van der Waals surface area contributed by atoms with E-state index in [4.69, 9.17) is 9.84 Å². The van der Waals surface area contributed by atoms with Gasteiger partial charge in [-0.1, -0.05) is 170 Å². The Morgan fingerprint density at radius 3 is 0.637 bits per heavy atom. The van der Waals surface area contributed by atoms with Crippen molar-refractivity contribution in [3.8, 4) is 5.75 Å². The molecule has 80 heavy (non-hydrogen) atoms. The number of carboxylic acid groups (broad SMARTS) is 5. The first-order valence-corrected chi connectivity index (χ1v) is 21.5. The Hall–Kier alpha value is -4.77. The number of ether oxygens (including phenoxy) is 1. The van der Waals surface area contributed by atoms with E-state index in [1.165, 1.54) is 60.7 Å². The number of benzene rings is 6. The van der Waals surface area contributed by atoms with Crippen LogP contribution in [0.4, 0.5) is 0 Å². The molecular weight excluding hydrogens is 1100 g/mol. The second kappa shape index (κ2) is 53.5. The molecule has 0 aliphatic carbocycles. The van der Waals surface area contributed by atoms with Crippen molar-refractivity contribution >= 4 is 53.7 Å². The summed E-state index contributed by atoms with van der Waals surface area (Å²) in [6.07, 6.45) is -0.734. The minimum absolute atomic E-state index is 0. The van der Waals surface area contributed by atoms with Crippen LogP contribution in [0.15, 0.2) is 182 Å². The molecule has 6 aromatic carbocycles. The Labute approximate surface area is 572 Å². The fraction of sp³-hybridized carbons (Fsp3) is 0.151. The summed E-state index contributed by atoms with van der Waals surface area (Å²) in [6, 6.07) is 49.5. The summed E-state index contributed by atoms with van der Waals surface area (Å²) in [5, 5.41) is 60.4. The molecular formula is C53H51N2Na5O20. The van der Waals surface area contributed by atoms with Crippen molar-refractivity contribution < 1.29 is 246 Å². The normalized spacial score (nSPS) is 9.10. The van der Waals surface area contributed by atoms with Crippen LogP contribution >= 0.6 is 0 Å². The molecule has 0 aromatic heterocycles. The summed E-state index contributed by atoms with van der Waals surface area (Å²) in [6.45, 7) is 5.55. The maximum Gasteiger partial charge on any atom is 1.00 e. The summed E-state index contributed by atoms with van der Waals surface area (Å²) in [5.74, 6) is -7.85. The van der Waals surface area contributed by atoms with Gasteiger partial charge in [0.15, 0.2) is 6.29 Å². The first-order valence-electron chi connectivity index (χ1n) is 21.5. The summed E-state index contributed by atoms with van der Waals surface area (Å²) < 4.78 is 4.97. The van der Waals surface area contributed by atoms with Crippen molar-refractivity contribution in [3.05, 3.63) is 210 Å². The van der Waals surface area contributed by atoms with E-state index in [1.54, 1.807) is 110 Å². The molecule has 0 radical (unpaired) electrons. The van der Waals surface area contributed by atoms with Crippen molar-refractivity contribution in [2.75, 3.05) is 13.1 Å². The standard InChI is InChI=1S/C10H16N2O8.C8H10O2.5C7H6O2.5Na/c1-7(13)17-11(18-8(2)14)5-6-12(19-9(3)15)20-10(4)16;1-7(9)10-8-5-3-2-4-6-8;5*8-7(9)6-4-2-1-3-5-6;;;;;/h5-6H2,1-4H3;2-7,9H,1H3;5*1-5H,(H,8,9);;;;;/q;;;;;;;5*+1/p-5. The first kappa shape index (κ1) is 86.5. The second-order valence-corrected chi connectivity index (χ2v) is 13.7. The number of nitrogens with zero attached hydrogens (tertiary/aromatic N) is 2. The Bertz CT molecular complexity index is 2280. The van der Waals surface area contributed by atoms with Gasteiger partial charge in [0.2, 0.25) is 0 Å². The zero-order valence-electron chi connectivity index (χ0n) is 45.9. The molecule has 27 heteroatoms. The van der Waals surface area contributed by atoms with Gasteiger partial charge < -0.3 is 78.7 Å². The van der Waals surface area contributed by atoms with E-state index < -0.39 is 60.0 Å². The maximum absolute atomic E-state index is 10.8. The average molecular weight is 1150 g/mol. The van der Waals surface area contributed by atoms with Crippen LogP contribution in [0.3, 0.4) is 0 Å². The van der Waals surface area contributed by atoms with Crippen LogP contribution in [0, 0.1) is 0 Å². The first-order chi connectivity index (χ1) is 35.5. The molecule has 6 aromatic rings. The number of hydroxylamine groups is 4. The topological polar surface area (TPSA) is 342 Å². The molecule has 0 bridgehead atoms. The quantitative estimate of drug-likeness (QED) is 0.0601. The van der Waals surface area contributed by atoms with Gasteiger partial charge in [-0.3, -0.25) is 19.2 Å². The maximum atomic E-state index is 10.8. The molecule has 6 rings (SSSR count). The van der Waals surface area contributed by atoms with Crippen LogP contribution in [0.25, 0.3) is 0 Å². The van der Waals surface area contributed by atoms with Gasteiger partial charge in [0.1, 0.15) is 5.75 Å². The van der Waals surface area contributed by atoms with Crippen LogP contribution in [0.5, 0.6) is 5.75 Å². The summed E-state index contributed by atoms with van der Waals surface area (Å²) >= 11 is 0. The van der Waals surface area contributed by atoms with E-state index in [0.717, 1.165) is 27.7 Å². The number of carbonyl (C=O) groups excluding carboxylic acids is 9. The van der Waals surface area contributed by atoms with Crippen LogP contribution in [-0.2, 0) is 38.5 Å². The third-order valence-electron chi connectivity index (χ3n) is 7.48. The fourth-order valence-corrected chi connectivity index (χ4v) is 4.52. The van der Waals surface area contributed by atoms with Crippen LogP contribution in [-0.4, -0.2) is 88.7 Å². The fourth-order valence-electron chi connectivity index (χ4n) is 4.52. The van der Waals surface area contributed by atoms with Crippen molar-refractivity contribution in [1.82, 2.24) is 10.5 Å². The Morgan fingerprint density at radius 1 is 0.350 bits per heavy atom. The van der Waals surface area contributed by atoms with Gasteiger partial charge in [0, 0.05) is 38.1 Å². The molecule has 1 N–H and O–H groups in total. The Balaban J connectivity index is -0.000000202. The molecule has 0 fully saturated rings. The predicted octanol–water partition coefficient (Wildman–Crippen LogP) is -13.8. The summed E-state index contributed by atoms with van der Waals surface area (Å²) in [7, 11) is 0. The zero-order chi connectivity index (χ0) is 56.6. The minimum Gasteiger partial charge on any atom is -0.545 e. The van der Waals surface area contributed by atoms with Crippen molar-refractivity contribution in [2.24, 2.45) is 0 Å².